The van der Waals surface area contributed by atoms with Gasteiger partial charge in [-0.3, -0.25) is 4.55 Å². The van der Waals surface area contributed by atoms with Crippen molar-refractivity contribution in [2.75, 3.05) is 66.7 Å². The Labute approximate surface area is 338 Å². The molecule has 0 aliphatic carbocycles. The second-order valence-electron chi connectivity index (χ2n) is 11.4. The molecule has 0 amide bonds. The van der Waals surface area contributed by atoms with E-state index in [2.05, 4.69) is 70.3 Å². The molecule has 2 aromatic carbocycles. The lowest BCUT2D eigenvalue weighted by Crippen LogP contribution is -2.34. The first kappa shape index (κ1) is 47.7. The zero-order valence-corrected chi connectivity index (χ0v) is 35.8. The molecule has 0 unspecified atom stereocenters. The van der Waals surface area contributed by atoms with Gasteiger partial charge in [-0.2, -0.15) is 8.42 Å². The average molecular weight is 854 g/mol. The molecular formula is C38H49N2O12S4+. The summed E-state index contributed by atoms with van der Waals surface area (Å²) < 4.78 is 90.4. The summed E-state index contributed by atoms with van der Waals surface area (Å²) in [4.78, 5) is 0. The zero-order valence-electron chi connectivity index (χ0n) is 32.5. The molecule has 2 aromatic heterocycles. The van der Waals surface area contributed by atoms with Crippen molar-refractivity contribution in [2.24, 2.45) is 0 Å². The molecule has 0 aliphatic rings. The van der Waals surface area contributed by atoms with Gasteiger partial charge in [-0.1, -0.05) is 33.7 Å². The van der Waals surface area contributed by atoms with E-state index in [1.807, 2.05) is 58.0 Å². The van der Waals surface area contributed by atoms with Gasteiger partial charge in [-0.15, -0.1) is 0 Å². The quantitative estimate of drug-likeness (QED) is 0.0619. The minimum absolute atomic E-state index is 0.604. The normalized spacial score (nSPS) is 11.2. The van der Waals surface area contributed by atoms with E-state index in [9.17, 15) is 8.42 Å². The van der Waals surface area contributed by atoms with Gasteiger partial charge < -0.3 is 33.0 Å². The van der Waals surface area contributed by atoms with Crippen LogP contribution in [0, 0.1) is 0 Å². The van der Waals surface area contributed by atoms with Crippen LogP contribution in [0.15, 0.2) is 73.3 Å². The van der Waals surface area contributed by atoms with Crippen LogP contribution in [0.5, 0.6) is 34.5 Å². The van der Waals surface area contributed by atoms with Crippen molar-refractivity contribution in [3.63, 3.8) is 0 Å². The van der Waals surface area contributed by atoms with E-state index < -0.39 is 20.2 Å². The number of nitrogens with zero attached hydrogens (tertiary/aromatic N) is 2. The Morgan fingerprint density at radius 1 is 0.571 bits per heavy atom. The SMILES string of the molecule is COc1cc(OC)c(/C=C/c2cc[n+](CCSSCC[n+]3ccc(/C=C/c4c(OC)cc(OC)cc4OC)cc3)cc2)c(OC)c1.CS(=O)(=O)O.CS(=O)(=O)[O-]. The van der Waals surface area contributed by atoms with Crippen LogP contribution in [0.1, 0.15) is 22.3 Å². The van der Waals surface area contributed by atoms with Gasteiger partial charge >= 0.3 is 0 Å². The van der Waals surface area contributed by atoms with E-state index in [0.29, 0.717) is 47.0 Å². The van der Waals surface area contributed by atoms with Gasteiger partial charge in [0.15, 0.2) is 37.9 Å². The van der Waals surface area contributed by atoms with E-state index in [-0.39, 0.29) is 0 Å². The van der Waals surface area contributed by atoms with E-state index >= 15 is 0 Å². The summed E-state index contributed by atoms with van der Waals surface area (Å²) in [6.45, 7) is 1.89. The highest BCUT2D eigenvalue weighted by Gasteiger charge is 2.12. The molecule has 56 heavy (non-hydrogen) atoms. The number of hydrogen-bond acceptors (Lipinski definition) is 13. The molecule has 0 saturated carbocycles. The minimum Gasteiger partial charge on any atom is -0.748 e. The van der Waals surface area contributed by atoms with Crippen molar-refractivity contribution >= 4 is 66.1 Å². The molecular weight excluding hydrogens is 805 g/mol. The van der Waals surface area contributed by atoms with Crippen LogP contribution in [0.3, 0.4) is 0 Å². The summed E-state index contributed by atoms with van der Waals surface area (Å²) in [6, 6.07) is 15.8. The second-order valence-corrected chi connectivity index (χ2v) is 17.0. The summed E-state index contributed by atoms with van der Waals surface area (Å²) >= 11 is 0. The van der Waals surface area contributed by atoms with Crippen molar-refractivity contribution < 1.29 is 63.5 Å². The van der Waals surface area contributed by atoms with Gasteiger partial charge in [0, 0.05) is 54.8 Å². The number of methoxy groups -OCH3 is 6. The fourth-order valence-corrected chi connectivity index (χ4v) is 6.57. The molecule has 1 N–H and O–H groups in total. The predicted molar refractivity (Wildman–Crippen MR) is 221 cm³/mol. The van der Waals surface area contributed by atoms with Crippen LogP contribution in [0.4, 0.5) is 0 Å². The van der Waals surface area contributed by atoms with Crippen LogP contribution in [0.25, 0.3) is 24.3 Å². The zero-order chi connectivity index (χ0) is 41.7. The molecule has 0 spiro atoms. The number of rotatable bonds is 17. The molecule has 2 heterocycles. The van der Waals surface area contributed by atoms with E-state index in [1.165, 1.54) is 0 Å². The fourth-order valence-electron chi connectivity index (χ4n) is 4.61. The lowest BCUT2D eigenvalue weighted by molar-refractivity contribution is -0.692. The molecule has 0 atom stereocenters. The average Bonchev–Trinajstić information content (AvgIpc) is 3.16. The fraction of sp³-hybridized carbons (Fsp3) is 0.316. The Morgan fingerprint density at radius 3 is 1.07 bits per heavy atom. The molecule has 18 heteroatoms. The third-order valence-electron chi connectivity index (χ3n) is 7.17. The van der Waals surface area contributed by atoms with Crippen LogP contribution < -0.4 is 37.6 Å². The molecule has 0 saturated heterocycles. The van der Waals surface area contributed by atoms with E-state index in [0.717, 1.165) is 46.8 Å². The summed E-state index contributed by atoms with van der Waals surface area (Å²) in [5.74, 6) is 6.22. The van der Waals surface area contributed by atoms with Gasteiger partial charge in [-0.25, -0.2) is 17.6 Å². The Hall–Kier alpha value is -4.46. The van der Waals surface area contributed by atoms with Gasteiger partial charge in [-0.05, 0) is 23.3 Å². The van der Waals surface area contributed by atoms with Crippen molar-refractivity contribution in [2.45, 2.75) is 13.1 Å². The number of benzene rings is 2. The van der Waals surface area contributed by atoms with Crippen LogP contribution >= 0.6 is 21.6 Å². The van der Waals surface area contributed by atoms with Crippen LogP contribution in [0.2, 0.25) is 0 Å². The van der Waals surface area contributed by atoms with Crippen molar-refractivity contribution in [1.82, 2.24) is 0 Å². The highest BCUT2D eigenvalue weighted by molar-refractivity contribution is 8.76. The molecule has 306 valence electrons. The smallest absolute Gasteiger partial charge is 0.261 e. The maximum absolute atomic E-state index is 9.19. The number of aromatic nitrogens is 2. The summed E-state index contributed by atoms with van der Waals surface area (Å²) in [5.41, 5.74) is 3.93. The monoisotopic (exact) mass is 853 g/mol. The number of pyridine rings is 2. The highest BCUT2D eigenvalue weighted by Crippen LogP contribution is 2.36. The summed E-state index contributed by atoms with van der Waals surface area (Å²) in [6.07, 6.45) is 17.9. The largest absolute Gasteiger partial charge is 0.748 e. The van der Waals surface area contributed by atoms with Gasteiger partial charge in [0.2, 0.25) is 0 Å². The molecule has 0 aliphatic heterocycles. The summed E-state index contributed by atoms with van der Waals surface area (Å²) in [7, 11) is 6.03. The Balaban J connectivity index is 0.000000961. The van der Waals surface area contributed by atoms with Gasteiger partial charge in [0.05, 0.1) is 81.7 Å². The summed E-state index contributed by atoms with van der Waals surface area (Å²) in [5, 5.41) is 0. The maximum atomic E-state index is 9.19. The topological polar surface area (TPSA) is 175 Å². The molecule has 0 bridgehead atoms. The number of ether oxygens (including phenoxy) is 6. The number of aryl methyl sites for hydroxylation is 2. The first-order valence-corrected chi connectivity index (χ1v) is 22.7. The highest BCUT2D eigenvalue weighted by atomic mass is 33.1. The van der Waals surface area contributed by atoms with E-state index in [4.69, 9.17) is 45.9 Å². The second kappa shape index (κ2) is 24.2. The first-order valence-electron chi connectivity index (χ1n) is 16.5. The maximum Gasteiger partial charge on any atom is 0.261 e. The third kappa shape index (κ3) is 18.9. The standard InChI is InChI=1S/C36H42N2O6S2.2CH4O3S/c1-39-29-23-33(41-3)31(34(24-29)42-4)9-7-27-11-15-37(16-12-27)19-21-45-46-22-20-38-17-13-28(14-18-38)8-10-32-35(43-5)25-30(40-2)26-36(32)44-6;2*1-5(2,3)4/h7-18,23-26H,19-22H2,1-6H3;2*1H3,(H,2,3,4)/q+2;;/p-1/b9-7+,10-8+;;. The molecule has 0 radical (unpaired) electrons. The molecule has 4 aromatic rings. The first-order chi connectivity index (χ1) is 26.5. The van der Waals surface area contributed by atoms with E-state index in [1.54, 1.807) is 42.7 Å². The van der Waals surface area contributed by atoms with Crippen LogP contribution in [-0.2, 0) is 33.3 Å². The van der Waals surface area contributed by atoms with Crippen molar-refractivity contribution in [1.29, 1.82) is 0 Å². The molecule has 4 rings (SSSR count). The number of hydrogen-bond donors (Lipinski definition) is 1. The van der Waals surface area contributed by atoms with Crippen LogP contribution in [-0.4, -0.2) is 92.6 Å². The molecule has 0 fully saturated rings. The Bertz CT molecular complexity index is 1880. The predicted octanol–water partition coefficient (Wildman–Crippen LogP) is 5.40. The Morgan fingerprint density at radius 2 is 0.839 bits per heavy atom. The van der Waals surface area contributed by atoms with Crippen molar-refractivity contribution in [3.8, 4) is 34.5 Å². The Kier molecular flexibility index (Phi) is 20.6. The minimum atomic E-state index is -3.92. The third-order valence-corrected chi connectivity index (χ3v) is 9.54. The molecule has 14 nitrogen and oxygen atoms in total. The van der Waals surface area contributed by atoms with Gasteiger partial charge in [0.1, 0.15) is 34.5 Å². The van der Waals surface area contributed by atoms with Gasteiger partial charge in [0.25, 0.3) is 10.1 Å². The lowest BCUT2D eigenvalue weighted by atomic mass is 10.1. The lowest BCUT2D eigenvalue weighted by Gasteiger charge is -2.12. The van der Waals surface area contributed by atoms with Crippen molar-refractivity contribution in [3.05, 3.63) is 95.6 Å².